The molecule has 4 rings (SSSR count). The highest BCUT2D eigenvalue weighted by Crippen LogP contribution is 2.28. The van der Waals surface area contributed by atoms with Crippen LogP contribution >= 0.6 is 93.1 Å². The minimum Gasteiger partial charge on any atom is -0.395 e. The number of aromatic nitrogens is 4. The van der Waals surface area contributed by atoms with E-state index in [0.717, 1.165) is 16.7 Å². The average Bonchev–Trinajstić information content (AvgIpc) is 3.01. The molecule has 0 aliphatic carbocycles. The maximum atomic E-state index is 11.1. The van der Waals surface area contributed by atoms with Gasteiger partial charge in [-0.1, -0.05) is 105 Å². The molecule has 9 nitrogen and oxygen atoms in total. The minimum atomic E-state index is 0.0461. The van der Waals surface area contributed by atoms with Crippen molar-refractivity contribution in [1.29, 1.82) is 0 Å². The Morgan fingerprint density at radius 2 is 1.24 bits per heavy atom. The van der Waals surface area contributed by atoms with Crippen molar-refractivity contribution in [2.24, 2.45) is 0 Å². The number of hydrogen-bond acceptors (Lipinski definition) is 11. The molecule has 0 radical (unpaired) electrons. The van der Waals surface area contributed by atoms with Crippen molar-refractivity contribution in [3.05, 3.63) is 89.0 Å². The SMILES string of the molecule is CSc1nc(Cl)c(C=O)c(NCc2ccc(Cl)cc2Cl)n1.CSc1nc(Cl)c(CNCCO)c(NCc2ccc(Cl)cc2Cl)n1. The molecule has 4 aromatic rings. The smallest absolute Gasteiger partial charge is 0.190 e. The molecule has 0 atom stereocenters. The van der Waals surface area contributed by atoms with Crippen LogP contribution in [0.5, 0.6) is 0 Å². The second-order valence-electron chi connectivity index (χ2n) is 8.79. The Labute approximate surface area is 299 Å². The van der Waals surface area contributed by atoms with Crippen molar-refractivity contribution in [2.75, 3.05) is 36.3 Å². The van der Waals surface area contributed by atoms with Crippen molar-refractivity contribution >= 4 is 111 Å². The minimum absolute atomic E-state index is 0.0461. The summed E-state index contributed by atoms with van der Waals surface area (Å²) < 4.78 is 0. The van der Waals surface area contributed by atoms with Gasteiger partial charge in [-0.2, -0.15) is 0 Å². The summed E-state index contributed by atoms with van der Waals surface area (Å²) in [7, 11) is 0. The van der Waals surface area contributed by atoms with Gasteiger partial charge in [0.15, 0.2) is 16.6 Å². The summed E-state index contributed by atoms with van der Waals surface area (Å²) in [6.45, 7) is 1.82. The molecule has 0 spiro atoms. The maximum Gasteiger partial charge on any atom is 0.190 e. The van der Waals surface area contributed by atoms with E-state index in [-0.39, 0.29) is 17.3 Å². The average molecular weight is 770 g/mol. The van der Waals surface area contributed by atoms with Crippen LogP contribution in [-0.2, 0) is 19.6 Å². The van der Waals surface area contributed by atoms with Gasteiger partial charge in [0, 0.05) is 51.8 Å². The number of carbonyl (C=O) groups is 1. The molecule has 4 N–H and O–H groups in total. The first kappa shape index (κ1) is 37.7. The Balaban J connectivity index is 0.000000248. The van der Waals surface area contributed by atoms with Gasteiger partial charge in [-0.05, 0) is 47.9 Å². The van der Waals surface area contributed by atoms with Gasteiger partial charge in [0.1, 0.15) is 21.9 Å². The number of nitrogens with one attached hydrogen (secondary N) is 3. The number of halogens is 6. The van der Waals surface area contributed by atoms with Gasteiger partial charge in [0.25, 0.3) is 0 Å². The largest absolute Gasteiger partial charge is 0.395 e. The van der Waals surface area contributed by atoms with Crippen LogP contribution < -0.4 is 16.0 Å². The summed E-state index contributed by atoms with van der Waals surface area (Å²) in [5.74, 6) is 1.01. The Morgan fingerprint density at radius 1 is 0.733 bits per heavy atom. The first-order valence-electron chi connectivity index (χ1n) is 12.9. The van der Waals surface area contributed by atoms with Crippen LogP contribution in [0.4, 0.5) is 11.6 Å². The van der Waals surface area contributed by atoms with Crippen LogP contribution in [0.15, 0.2) is 46.7 Å². The van der Waals surface area contributed by atoms with E-state index in [2.05, 4.69) is 35.9 Å². The topological polar surface area (TPSA) is 125 Å². The third kappa shape index (κ3) is 11.5. The molecule has 2 aromatic carbocycles. The highest BCUT2D eigenvalue weighted by Gasteiger charge is 2.14. The van der Waals surface area contributed by atoms with E-state index in [0.29, 0.717) is 79.7 Å². The van der Waals surface area contributed by atoms with Crippen LogP contribution in [0.25, 0.3) is 0 Å². The summed E-state index contributed by atoms with van der Waals surface area (Å²) in [6.07, 6.45) is 4.33. The first-order chi connectivity index (χ1) is 21.6. The van der Waals surface area contributed by atoms with Crippen molar-refractivity contribution in [1.82, 2.24) is 25.3 Å². The molecule has 0 bridgehead atoms. The highest BCUT2D eigenvalue weighted by atomic mass is 35.5. The van der Waals surface area contributed by atoms with Crippen LogP contribution in [-0.4, -0.2) is 57.0 Å². The van der Waals surface area contributed by atoms with Crippen molar-refractivity contribution in [2.45, 2.75) is 29.9 Å². The summed E-state index contributed by atoms with van der Waals surface area (Å²) in [4.78, 5) is 28.1. The number of anilines is 2. The molecule has 0 saturated heterocycles. The van der Waals surface area contributed by atoms with Gasteiger partial charge in [-0.15, -0.1) is 0 Å². The number of nitrogens with zero attached hydrogens (tertiary/aromatic N) is 4. The fourth-order valence-electron chi connectivity index (χ4n) is 3.57. The van der Waals surface area contributed by atoms with E-state index >= 15 is 0 Å². The number of hydrogen-bond donors (Lipinski definition) is 4. The number of aliphatic hydroxyl groups excluding tert-OH is 1. The van der Waals surface area contributed by atoms with E-state index in [1.807, 2.05) is 18.6 Å². The molecule has 0 aliphatic heterocycles. The van der Waals surface area contributed by atoms with Crippen molar-refractivity contribution < 1.29 is 9.90 Å². The molecule has 240 valence electrons. The van der Waals surface area contributed by atoms with E-state index in [1.54, 1.807) is 30.3 Å². The van der Waals surface area contributed by atoms with Crippen molar-refractivity contribution in [3.8, 4) is 0 Å². The Morgan fingerprint density at radius 3 is 1.73 bits per heavy atom. The fraction of sp³-hybridized carbons (Fsp3) is 0.250. The standard InChI is InChI=1S/C15H17Cl3N4OS.C13H10Cl3N3OS/c1-24-15-21-13(18)11(8-19-4-5-23)14(22-15)20-7-9-2-3-10(16)6-12(9)17;1-21-13-18-11(16)9(6-20)12(19-13)17-5-7-2-3-8(14)4-10(7)15/h2-3,6,19,23H,4-5,7-8H2,1H3,(H,20,21,22);2-4,6H,5H2,1H3,(H,17,18,19). The third-order valence-electron chi connectivity index (χ3n) is 5.81. The van der Waals surface area contributed by atoms with Crippen LogP contribution in [0.2, 0.25) is 30.4 Å². The van der Waals surface area contributed by atoms with Gasteiger partial charge in [-0.3, -0.25) is 4.79 Å². The van der Waals surface area contributed by atoms with Crippen LogP contribution in [0.1, 0.15) is 27.0 Å². The lowest BCUT2D eigenvalue weighted by Gasteiger charge is -2.14. The van der Waals surface area contributed by atoms with Crippen molar-refractivity contribution in [3.63, 3.8) is 0 Å². The van der Waals surface area contributed by atoms with Gasteiger partial charge in [0.2, 0.25) is 0 Å². The number of aldehydes is 1. The fourth-order valence-corrected chi connectivity index (χ4v) is 5.80. The summed E-state index contributed by atoms with van der Waals surface area (Å²) in [6, 6.07) is 10.5. The Kier molecular flexibility index (Phi) is 16.0. The normalized spacial score (nSPS) is 10.7. The van der Waals surface area contributed by atoms with E-state index in [4.69, 9.17) is 74.7 Å². The lowest BCUT2D eigenvalue weighted by molar-refractivity contribution is 0.112. The lowest BCUT2D eigenvalue weighted by atomic mass is 10.2. The summed E-state index contributed by atoms with van der Waals surface area (Å²) in [5, 5.41) is 22.1. The molecule has 2 aromatic heterocycles. The predicted molar refractivity (Wildman–Crippen MR) is 189 cm³/mol. The first-order valence-corrected chi connectivity index (χ1v) is 17.7. The van der Waals surface area contributed by atoms with Gasteiger partial charge < -0.3 is 21.1 Å². The van der Waals surface area contributed by atoms with E-state index in [9.17, 15) is 4.79 Å². The maximum absolute atomic E-state index is 11.1. The lowest BCUT2D eigenvalue weighted by Crippen LogP contribution is -2.20. The Hall–Kier alpha value is -1.77. The van der Waals surface area contributed by atoms with Gasteiger partial charge in [-0.25, -0.2) is 19.9 Å². The zero-order valence-corrected chi connectivity index (χ0v) is 30.0. The second-order valence-corrected chi connectivity index (χ2v) is 12.7. The van der Waals surface area contributed by atoms with Gasteiger partial charge in [0.05, 0.1) is 12.2 Å². The molecular weight excluding hydrogens is 743 g/mol. The van der Waals surface area contributed by atoms with Crippen LogP contribution in [0, 0.1) is 0 Å². The molecular formula is C28H27Cl6N7O2S2. The molecule has 2 heterocycles. The van der Waals surface area contributed by atoms with E-state index < -0.39 is 0 Å². The Bertz CT molecular complexity index is 1620. The molecule has 0 unspecified atom stereocenters. The molecule has 45 heavy (non-hydrogen) atoms. The molecule has 0 aliphatic rings. The molecule has 0 saturated carbocycles. The monoisotopic (exact) mass is 767 g/mol. The van der Waals surface area contributed by atoms with Gasteiger partial charge >= 0.3 is 0 Å². The highest BCUT2D eigenvalue weighted by molar-refractivity contribution is 7.98. The quantitative estimate of drug-likeness (QED) is 0.0344. The predicted octanol–water partition coefficient (Wildman–Crippen LogP) is 8.44. The number of thioether (sulfide) groups is 2. The number of carbonyl (C=O) groups excluding carboxylic acids is 1. The third-order valence-corrected chi connectivity index (χ3v) is 8.68. The second kappa shape index (κ2) is 19.1. The summed E-state index contributed by atoms with van der Waals surface area (Å²) >= 11 is 39.1. The zero-order chi connectivity index (χ0) is 32.9. The van der Waals surface area contributed by atoms with E-state index in [1.165, 1.54) is 23.5 Å². The number of benzene rings is 2. The van der Waals surface area contributed by atoms with Crippen LogP contribution in [0.3, 0.4) is 0 Å². The number of aliphatic hydroxyl groups is 1. The molecule has 17 heteroatoms. The summed E-state index contributed by atoms with van der Waals surface area (Å²) in [5.41, 5.74) is 2.70. The zero-order valence-electron chi connectivity index (χ0n) is 23.8. The molecule has 0 amide bonds. The number of rotatable bonds is 13. The molecule has 0 fully saturated rings.